The van der Waals surface area contributed by atoms with Crippen LogP contribution in [0.25, 0.3) is 0 Å². The number of hydrogen-bond donors (Lipinski definition) is 1. The summed E-state index contributed by atoms with van der Waals surface area (Å²) in [7, 11) is 0. The van der Waals surface area contributed by atoms with E-state index in [0.717, 1.165) is 25.7 Å². The topological polar surface area (TPSA) is 29.1 Å². The van der Waals surface area contributed by atoms with Gasteiger partial charge in [-0.15, -0.1) is 11.6 Å². The summed E-state index contributed by atoms with van der Waals surface area (Å²) in [6, 6.07) is 4.86. The molecule has 18 heavy (non-hydrogen) atoms. The van der Waals surface area contributed by atoms with E-state index in [9.17, 15) is 4.79 Å². The van der Waals surface area contributed by atoms with Crippen molar-refractivity contribution in [2.45, 2.75) is 25.7 Å². The third-order valence-corrected chi connectivity index (χ3v) is 3.53. The Labute approximate surface area is 123 Å². The van der Waals surface area contributed by atoms with Crippen molar-refractivity contribution in [3.63, 3.8) is 0 Å². The van der Waals surface area contributed by atoms with Crippen molar-refractivity contribution in [1.29, 1.82) is 0 Å². The number of halogens is 3. The Balaban J connectivity index is 2.30. The van der Waals surface area contributed by atoms with Crippen LogP contribution in [-0.4, -0.2) is 18.3 Å². The summed E-state index contributed by atoms with van der Waals surface area (Å²) in [5, 5.41) is 3.70. The van der Waals surface area contributed by atoms with E-state index in [2.05, 4.69) is 5.32 Å². The summed E-state index contributed by atoms with van der Waals surface area (Å²) >= 11 is 17.2. The van der Waals surface area contributed by atoms with Crippen molar-refractivity contribution in [3.8, 4) is 0 Å². The molecule has 0 unspecified atom stereocenters. The standard InChI is InChI=1S/C13H16Cl3NO/c14-7-3-1-2-4-8-17-13(18)10-5-6-11(15)12(16)9-10/h5-6,9H,1-4,7-8H2,(H,17,18). The zero-order valence-corrected chi connectivity index (χ0v) is 12.3. The molecule has 2 nitrogen and oxygen atoms in total. The number of carbonyl (C=O) groups excluding carboxylic acids is 1. The highest BCUT2D eigenvalue weighted by atomic mass is 35.5. The maximum atomic E-state index is 11.8. The molecule has 0 spiro atoms. The average molecular weight is 309 g/mol. The van der Waals surface area contributed by atoms with Gasteiger partial charge in [0.2, 0.25) is 0 Å². The summed E-state index contributed by atoms with van der Waals surface area (Å²) in [5.41, 5.74) is 0.533. The molecule has 0 heterocycles. The number of alkyl halides is 1. The lowest BCUT2D eigenvalue weighted by Gasteiger charge is -2.06. The van der Waals surface area contributed by atoms with Gasteiger partial charge in [0.1, 0.15) is 0 Å². The smallest absolute Gasteiger partial charge is 0.251 e. The van der Waals surface area contributed by atoms with Gasteiger partial charge in [-0.1, -0.05) is 36.0 Å². The Morgan fingerprint density at radius 3 is 2.44 bits per heavy atom. The predicted molar refractivity (Wildman–Crippen MR) is 78.0 cm³/mol. The molecule has 1 aromatic carbocycles. The second kappa shape index (κ2) is 8.63. The van der Waals surface area contributed by atoms with E-state index in [-0.39, 0.29) is 5.91 Å². The van der Waals surface area contributed by atoms with Crippen molar-refractivity contribution < 1.29 is 4.79 Å². The molecule has 5 heteroatoms. The highest BCUT2D eigenvalue weighted by Gasteiger charge is 2.07. The van der Waals surface area contributed by atoms with Crippen LogP contribution < -0.4 is 5.32 Å². The molecule has 0 radical (unpaired) electrons. The number of amides is 1. The average Bonchev–Trinajstić information content (AvgIpc) is 2.36. The minimum atomic E-state index is -0.120. The molecule has 0 aliphatic heterocycles. The van der Waals surface area contributed by atoms with Gasteiger partial charge in [-0.2, -0.15) is 0 Å². The van der Waals surface area contributed by atoms with Crippen LogP contribution in [0.5, 0.6) is 0 Å². The normalized spacial score (nSPS) is 10.4. The first-order valence-corrected chi connectivity index (χ1v) is 7.23. The van der Waals surface area contributed by atoms with Gasteiger partial charge < -0.3 is 5.32 Å². The van der Waals surface area contributed by atoms with Crippen molar-refractivity contribution in [1.82, 2.24) is 5.32 Å². The third kappa shape index (κ3) is 5.47. The number of nitrogens with one attached hydrogen (secondary N) is 1. The van der Waals surface area contributed by atoms with Crippen LogP contribution in [0.4, 0.5) is 0 Å². The van der Waals surface area contributed by atoms with E-state index in [0.29, 0.717) is 28.0 Å². The van der Waals surface area contributed by atoms with E-state index in [1.54, 1.807) is 18.2 Å². The number of hydrogen-bond acceptors (Lipinski definition) is 1. The fraction of sp³-hybridized carbons (Fsp3) is 0.462. The molecule has 0 saturated carbocycles. The third-order valence-electron chi connectivity index (χ3n) is 2.53. The van der Waals surface area contributed by atoms with Crippen LogP contribution >= 0.6 is 34.8 Å². The first kappa shape index (κ1) is 15.6. The second-order valence-electron chi connectivity index (χ2n) is 3.99. The van der Waals surface area contributed by atoms with Gasteiger partial charge >= 0.3 is 0 Å². The highest BCUT2D eigenvalue weighted by molar-refractivity contribution is 6.42. The second-order valence-corrected chi connectivity index (χ2v) is 5.18. The number of carbonyl (C=O) groups is 1. The number of benzene rings is 1. The lowest BCUT2D eigenvalue weighted by Crippen LogP contribution is -2.24. The van der Waals surface area contributed by atoms with Gasteiger partial charge in [0.15, 0.2) is 0 Å². The lowest BCUT2D eigenvalue weighted by molar-refractivity contribution is 0.0953. The minimum absolute atomic E-state index is 0.120. The molecule has 0 aromatic heterocycles. The summed E-state index contributed by atoms with van der Waals surface area (Å²) in [6.45, 7) is 0.668. The van der Waals surface area contributed by atoms with Crippen LogP contribution in [0.2, 0.25) is 10.0 Å². The molecular formula is C13H16Cl3NO. The molecule has 1 rings (SSSR count). The first-order valence-electron chi connectivity index (χ1n) is 5.94. The van der Waals surface area contributed by atoms with Crippen LogP contribution in [0.15, 0.2) is 18.2 Å². The van der Waals surface area contributed by atoms with Crippen molar-refractivity contribution in [3.05, 3.63) is 33.8 Å². The molecule has 0 aliphatic carbocycles. The van der Waals surface area contributed by atoms with E-state index < -0.39 is 0 Å². The van der Waals surface area contributed by atoms with E-state index in [1.807, 2.05) is 0 Å². The van der Waals surface area contributed by atoms with E-state index >= 15 is 0 Å². The zero-order chi connectivity index (χ0) is 13.4. The van der Waals surface area contributed by atoms with Crippen LogP contribution in [-0.2, 0) is 0 Å². The predicted octanol–water partition coefficient (Wildman–Crippen LogP) is 4.52. The van der Waals surface area contributed by atoms with Gasteiger partial charge in [-0.25, -0.2) is 0 Å². The number of rotatable bonds is 7. The zero-order valence-electron chi connectivity index (χ0n) is 10.0. The van der Waals surface area contributed by atoms with Gasteiger partial charge in [0, 0.05) is 18.0 Å². The monoisotopic (exact) mass is 307 g/mol. The fourth-order valence-electron chi connectivity index (χ4n) is 1.51. The number of unbranched alkanes of at least 4 members (excludes halogenated alkanes) is 3. The summed E-state index contributed by atoms with van der Waals surface area (Å²) < 4.78 is 0. The molecule has 0 fully saturated rings. The molecule has 1 N–H and O–H groups in total. The first-order chi connectivity index (χ1) is 8.65. The van der Waals surface area contributed by atoms with Crippen LogP contribution in [0.1, 0.15) is 36.0 Å². The van der Waals surface area contributed by atoms with Gasteiger partial charge in [-0.3, -0.25) is 4.79 Å². The molecule has 0 atom stereocenters. The molecule has 0 bridgehead atoms. The Morgan fingerprint density at radius 1 is 1.06 bits per heavy atom. The Morgan fingerprint density at radius 2 is 1.78 bits per heavy atom. The Hall–Kier alpha value is -0.440. The molecule has 1 amide bonds. The van der Waals surface area contributed by atoms with Crippen LogP contribution in [0, 0.1) is 0 Å². The Kier molecular flexibility index (Phi) is 7.48. The Bertz CT molecular complexity index is 396. The molecular weight excluding hydrogens is 293 g/mol. The quantitative estimate of drug-likeness (QED) is 0.582. The summed E-state index contributed by atoms with van der Waals surface area (Å²) in [4.78, 5) is 11.8. The van der Waals surface area contributed by atoms with Gasteiger partial charge in [0.25, 0.3) is 5.91 Å². The van der Waals surface area contributed by atoms with Crippen LogP contribution in [0.3, 0.4) is 0 Å². The van der Waals surface area contributed by atoms with Crippen molar-refractivity contribution >= 4 is 40.7 Å². The van der Waals surface area contributed by atoms with Gasteiger partial charge in [-0.05, 0) is 31.0 Å². The van der Waals surface area contributed by atoms with Crippen molar-refractivity contribution in [2.75, 3.05) is 12.4 Å². The fourth-order valence-corrected chi connectivity index (χ4v) is 2.00. The molecule has 0 aliphatic rings. The summed E-state index contributed by atoms with van der Waals surface area (Å²) in [6.07, 6.45) is 4.17. The van der Waals surface area contributed by atoms with E-state index in [4.69, 9.17) is 34.8 Å². The highest BCUT2D eigenvalue weighted by Crippen LogP contribution is 2.22. The van der Waals surface area contributed by atoms with E-state index in [1.165, 1.54) is 0 Å². The lowest BCUT2D eigenvalue weighted by atomic mass is 10.2. The maximum Gasteiger partial charge on any atom is 0.251 e. The minimum Gasteiger partial charge on any atom is -0.352 e. The van der Waals surface area contributed by atoms with Gasteiger partial charge in [0.05, 0.1) is 10.0 Å². The molecule has 0 saturated heterocycles. The maximum absolute atomic E-state index is 11.8. The molecule has 100 valence electrons. The van der Waals surface area contributed by atoms with Crippen molar-refractivity contribution in [2.24, 2.45) is 0 Å². The SMILES string of the molecule is O=C(NCCCCCCCl)c1ccc(Cl)c(Cl)c1. The summed E-state index contributed by atoms with van der Waals surface area (Å²) in [5.74, 6) is 0.584. The largest absolute Gasteiger partial charge is 0.352 e. The molecule has 1 aromatic rings.